The van der Waals surface area contributed by atoms with Gasteiger partial charge in [0.2, 0.25) is 0 Å². The number of aromatic nitrogens is 1. The van der Waals surface area contributed by atoms with Gasteiger partial charge in [0.05, 0.1) is 0 Å². The summed E-state index contributed by atoms with van der Waals surface area (Å²) in [5.41, 5.74) is 8.24. The van der Waals surface area contributed by atoms with E-state index in [-0.39, 0.29) is 0 Å². The summed E-state index contributed by atoms with van der Waals surface area (Å²) in [4.78, 5) is 0. The fraction of sp³-hybridized carbons (Fsp3) is 0.286. The molecule has 0 radical (unpaired) electrons. The predicted molar refractivity (Wildman–Crippen MR) is 67.3 cm³/mol. The Hall–Kier alpha value is -1.54. The molecular formula is C14H18N2. The van der Waals surface area contributed by atoms with Crippen molar-refractivity contribution in [3.63, 3.8) is 0 Å². The molecule has 1 aromatic heterocycles. The van der Waals surface area contributed by atoms with Gasteiger partial charge < -0.3 is 10.3 Å². The maximum Gasteiger partial charge on any atom is 0.0260 e. The number of nitrogens with zero attached hydrogens (tertiary/aromatic N) is 1. The van der Waals surface area contributed by atoms with Crippen LogP contribution in [-0.4, -0.2) is 11.1 Å². The molecule has 1 heterocycles. The molecule has 0 saturated carbocycles. The molecule has 2 aromatic rings. The van der Waals surface area contributed by atoms with Crippen LogP contribution in [0, 0.1) is 0 Å². The van der Waals surface area contributed by atoms with Gasteiger partial charge in [-0.3, -0.25) is 0 Å². The van der Waals surface area contributed by atoms with Crippen molar-refractivity contribution in [2.24, 2.45) is 5.73 Å². The van der Waals surface area contributed by atoms with Gasteiger partial charge >= 0.3 is 0 Å². The number of aryl methyl sites for hydroxylation is 2. The van der Waals surface area contributed by atoms with Crippen LogP contribution in [0.4, 0.5) is 0 Å². The summed E-state index contributed by atoms with van der Waals surface area (Å²) in [7, 11) is 0. The zero-order valence-electron chi connectivity index (χ0n) is 9.47. The van der Waals surface area contributed by atoms with Crippen molar-refractivity contribution in [1.29, 1.82) is 0 Å². The third-order valence-electron chi connectivity index (χ3n) is 2.75. The Morgan fingerprint density at radius 3 is 2.50 bits per heavy atom. The van der Waals surface area contributed by atoms with E-state index in [2.05, 4.69) is 53.4 Å². The molecule has 0 spiro atoms. The third kappa shape index (κ3) is 2.97. The van der Waals surface area contributed by atoms with Crippen LogP contribution in [0.2, 0.25) is 0 Å². The number of nitrogens with two attached hydrogens (primary N) is 1. The van der Waals surface area contributed by atoms with Gasteiger partial charge in [-0.15, -0.1) is 0 Å². The lowest BCUT2D eigenvalue weighted by Crippen LogP contribution is -2.02. The fourth-order valence-electron chi connectivity index (χ4n) is 1.85. The molecule has 0 aliphatic carbocycles. The van der Waals surface area contributed by atoms with Crippen LogP contribution in [0.1, 0.15) is 11.1 Å². The summed E-state index contributed by atoms with van der Waals surface area (Å²) in [5.74, 6) is 0. The summed E-state index contributed by atoms with van der Waals surface area (Å²) in [5, 5.41) is 0. The lowest BCUT2D eigenvalue weighted by atomic mass is 10.1. The smallest absolute Gasteiger partial charge is 0.0260 e. The van der Waals surface area contributed by atoms with Crippen LogP contribution < -0.4 is 5.73 Å². The second kappa shape index (κ2) is 5.52. The van der Waals surface area contributed by atoms with Crippen molar-refractivity contribution in [3.8, 4) is 0 Å². The lowest BCUT2D eigenvalue weighted by Gasteiger charge is -2.02. The minimum Gasteiger partial charge on any atom is -0.354 e. The van der Waals surface area contributed by atoms with E-state index in [1.807, 2.05) is 0 Å². The molecule has 0 atom stereocenters. The van der Waals surface area contributed by atoms with E-state index in [0.29, 0.717) is 0 Å². The maximum atomic E-state index is 5.53. The van der Waals surface area contributed by atoms with Gasteiger partial charge in [0, 0.05) is 18.9 Å². The normalized spacial score (nSPS) is 10.6. The summed E-state index contributed by atoms with van der Waals surface area (Å²) in [6.07, 6.45) is 6.37. The van der Waals surface area contributed by atoms with Gasteiger partial charge in [-0.25, -0.2) is 0 Å². The van der Waals surface area contributed by atoms with Crippen LogP contribution in [0.15, 0.2) is 48.8 Å². The average Bonchev–Trinajstić information content (AvgIpc) is 2.76. The van der Waals surface area contributed by atoms with E-state index in [1.54, 1.807) is 0 Å². The molecule has 2 nitrogen and oxygen atoms in total. The molecule has 2 rings (SSSR count). The Kier molecular flexibility index (Phi) is 3.78. The molecular weight excluding hydrogens is 196 g/mol. The SMILES string of the molecule is NCCc1ccn(CCc2ccccc2)c1. The molecule has 0 unspecified atom stereocenters. The monoisotopic (exact) mass is 214 g/mol. The van der Waals surface area contributed by atoms with Crippen molar-refractivity contribution in [2.45, 2.75) is 19.4 Å². The second-order valence-corrected chi connectivity index (χ2v) is 4.03. The van der Waals surface area contributed by atoms with Crippen molar-refractivity contribution in [1.82, 2.24) is 4.57 Å². The van der Waals surface area contributed by atoms with Crippen LogP contribution in [0.25, 0.3) is 0 Å². The summed E-state index contributed by atoms with van der Waals surface area (Å²) >= 11 is 0. The zero-order valence-corrected chi connectivity index (χ0v) is 9.47. The highest BCUT2D eigenvalue weighted by molar-refractivity contribution is 5.15. The Morgan fingerprint density at radius 1 is 0.938 bits per heavy atom. The Morgan fingerprint density at radius 2 is 1.75 bits per heavy atom. The van der Waals surface area contributed by atoms with Crippen molar-refractivity contribution in [2.75, 3.05) is 6.54 Å². The Labute approximate surface area is 96.7 Å². The summed E-state index contributed by atoms with van der Waals surface area (Å²) in [6, 6.07) is 12.7. The van der Waals surface area contributed by atoms with E-state index in [9.17, 15) is 0 Å². The van der Waals surface area contributed by atoms with Gasteiger partial charge in [-0.1, -0.05) is 30.3 Å². The average molecular weight is 214 g/mol. The van der Waals surface area contributed by atoms with Gasteiger partial charge in [0.15, 0.2) is 0 Å². The van der Waals surface area contributed by atoms with E-state index in [0.717, 1.165) is 25.9 Å². The minimum atomic E-state index is 0.725. The highest BCUT2D eigenvalue weighted by atomic mass is 14.9. The van der Waals surface area contributed by atoms with Crippen LogP contribution >= 0.6 is 0 Å². The molecule has 1 aromatic carbocycles. The molecule has 2 N–H and O–H groups in total. The quantitative estimate of drug-likeness (QED) is 0.813. The Balaban J connectivity index is 1.89. The molecule has 0 amide bonds. The first-order valence-corrected chi connectivity index (χ1v) is 5.77. The molecule has 0 bridgehead atoms. The molecule has 16 heavy (non-hydrogen) atoms. The maximum absolute atomic E-state index is 5.53. The lowest BCUT2D eigenvalue weighted by molar-refractivity contribution is 0.698. The van der Waals surface area contributed by atoms with Crippen LogP contribution in [0.3, 0.4) is 0 Å². The zero-order chi connectivity index (χ0) is 11.2. The molecule has 0 saturated heterocycles. The number of rotatable bonds is 5. The molecule has 84 valence electrons. The Bertz CT molecular complexity index is 417. The highest BCUT2D eigenvalue weighted by Crippen LogP contribution is 2.05. The first-order valence-electron chi connectivity index (χ1n) is 5.77. The highest BCUT2D eigenvalue weighted by Gasteiger charge is 1.96. The molecule has 0 fully saturated rings. The predicted octanol–water partition coefficient (Wildman–Crippen LogP) is 2.23. The molecule has 0 aliphatic heterocycles. The number of hydrogen-bond acceptors (Lipinski definition) is 1. The van der Waals surface area contributed by atoms with Gasteiger partial charge in [-0.2, -0.15) is 0 Å². The van der Waals surface area contributed by atoms with E-state index in [4.69, 9.17) is 5.73 Å². The topological polar surface area (TPSA) is 30.9 Å². The van der Waals surface area contributed by atoms with Crippen molar-refractivity contribution >= 4 is 0 Å². The van der Waals surface area contributed by atoms with Crippen molar-refractivity contribution < 1.29 is 0 Å². The van der Waals surface area contributed by atoms with E-state index >= 15 is 0 Å². The third-order valence-corrected chi connectivity index (χ3v) is 2.75. The largest absolute Gasteiger partial charge is 0.354 e. The van der Waals surface area contributed by atoms with Crippen LogP contribution in [-0.2, 0) is 19.4 Å². The van der Waals surface area contributed by atoms with Gasteiger partial charge in [0.1, 0.15) is 0 Å². The number of benzene rings is 1. The molecule has 0 aliphatic rings. The van der Waals surface area contributed by atoms with Gasteiger partial charge in [-0.05, 0) is 36.6 Å². The minimum absolute atomic E-state index is 0.725. The van der Waals surface area contributed by atoms with Gasteiger partial charge in [0.25, 0.3) is 0 Å². The first kappa shape index (κ1) is 11.0. The fourth-order valence-corrected chi connectivity index (χ4v) is 1.85. The summed E-state index contributed by atoms with van der Waals surface area (Å²) < 4.78 is 2.23. The number of hydrogen-bond donors (Lipinski definition) is 1. The van der Waals surface area contributed by atoms with Crippen molar-refractivity contribution in [3.05, 3.63) is 59.9 Å². The van der Waals surface area contributed by atoms with E-state index < -0.39 is 0 Å². The standard InChI is InChI=1S/C14H18N2/c15-9-6-14-8-11-16(12-14)10-7-13-4-2-1-3-5-13/h1-5,8,11-12H,6-7,9-10,15H2. The van der Waals surface area contributed by atoms with Crippen LogP contribution in [0.5, 0.6) is 0 Å². The van der Waals surface area contributed by atoms with E-state index in [1.165, 1.54) is 11.1 Å². The first-order chi connectivity index (χ1) is 7.88. The second-order valence-electron chi connectivity index (χ2n) is 4.03. The molecule has 2 heteroatoms. The summed E-state index contributed by atoms with van der Waals surface area (Å²) in [6.45, 7) is 1.76.